The smallest absolute Gasteiger partial charge is 0.251 e. The summed E-state index contributed by atoms with van der Waals surface area (Å²) in [6, 6.07) is 15.1. The van der Waals surface area contributed by atoms with E-state index in [1.54, 1.807) is 31.4 Å². The molecule has 1 amide bonds. The Hall–Kier alpha value is -2.49. The summed E-state index contributed by atoms with van der Waals surface area (Å²) in [5.41, 5.74) is 1.91. The van der Waals surface area contributed by atoms with Gasteiger partial charge < -0.3 is 14.8 Å². The highest BCUT2D eigenvalue weighted by atomic mass is 16.5. The summed E-state index contributed by atoms with van der Waals surface area (Å²) >= 11 is 0. The van der Waals surface area contributed by atoms with Crippen LogP contribution < -0.4 is 14.8 Å². The van der Waals surface area contributed by atoms with Crippen LogP contribution in [0.15, 0.2) is 48.5 Å². The molecule has 0 heterocycles. The van der Waals surface area contributed by atoms with Crippen LogP contribution in [0.5, 0.6) is 11.5 Å². The zero-order chi connectivity index (χ0) is 17.6. The van der Waals surface area contributed by atoms with Crippen molar-refractivity contribution in [3.05, 3.63) is 59.7 Å². The quantitative estimate of drug-likeness (QED) is 0.821. The van der Waals surface area contributed by atoms with Crippen molar-refractivity contribution in [3.8, 4) is 11.5 Å². The van der Waals surface area contributed by atoms with Gasteiger partial charge >= 0.3 is 0 Å². The van der Waals surface area contributed by atoms with Gasteiger partial charge in [0.25, 0.3) is 5.91 Å². The van der Waals surface area contributed by atoms with Crippen molar-refractivity contribution in [3.63, 3.8) is 0 Å². The molecular formula is C20H25NO3. The average Bonchev–Trinajstić information content (AvgIpc) is 2.58. The lowest BCUT2D eigenvalue weighted by Crippen LogP contribution is -2.28. The SMILES string of the molecule is COc1ccc(C(=O)NCCOc2cccc(C(C)(C)C)c2)cc1. The average molecular weight is 327 g/mol. The van der Waals surface area contributed by atoms with Crippen LogP contribution in [0, 0.1) is 0 Å². The second kappa shape index (κ2) is 7.86. The number of benzene rings is 2. The summed E-state index contributed by atoms with van der Waals surface area (Å²) < 4.78 is 10.8. The Bertz CT molecular complexity index is 672. The van der Waals surface area contributed by atoms with E-state index in [1.807, 2.05) is 18.2 Å². The van der Waals surface area contributed by atoms with Gasteiger partial charge in [0.05, 0.1) is 13.7 Å². The predicted octanol–water partition coefficient (Wildman–Crippen LogP) is 3.80. The first-order valence-electron chi connectivity index (χ1n) is 8.06. The Kier molecular flexibility index (Phi) is 5.85. The van der Waals surface area contributed by atoms with E-state index in [0.29, 0.717) is 18.7 Å². The molecule has 0 saturated heterocycles. The van der Waals surface area contributed by atoms with Gasteiger partial charge in [-0.2, -0.15) is 0 Å². The molecule has 0 aliphatic heterocycles. The maximum atomic E-state index is 12.0. The Balaban J connectivity index is 1.81. The molecule has 0 aliphatic rings. The third-order valence-electron chi connectivity index (χ3n) is 3.71. The number of carbonyl (C=O) groups is 1. The van der Waals surface area contributed by atoms with Crippen LogP contribution in [0.3, 0.4) is 0 Å². The maximum Gasteiger partial charge on any atom is 0.251 e. The van der Waals surface area contributed by atoms with Gasteiger partial charge in [0.15, 0.2) is 0 Å². The fourth-order valence-electron chi connectivity index (χ4n) is 2.23. The minimum Gasteiger partial charge on any atom is -0.497 e. The highest BCUT2D eigenvalue weighted by Crippen LogP contribution is 2.25. The van der Waals surface area contributed by atoms with Crippen molar-refractivity contribution in [1.29, 1.82) is 0 Å². The third kappa shape index (κ3) is 5.01. The molecule has 0 spiro atoms. The van der Waals surface area contributed by atoms with Crippen molar-refractivity contribution in [2.24, 2.45) is 0 Å². The molecular weight excluding hydrogens is 302 g/mol. The molecule has 0 fully saturated rings. The van der Waals surface area contributed by atoms with E-state index in [0.717, 1.165) is 11.5 Å². The normalized spacial score (nSPS) is 11.0. The molecule has 0 unspecified atom stereocenters. The second-order valence-corrected chi connectivity index (χ2v) is 6.61. The fourth-order valence-corrected chi connectivity index (χ4v) is 2.23. The van der Waals surface area contributed by atoms with Gasteiger partial charge in [-0.1, -0.05) is 32.9 Å². The highest BCUT2D eigenvalue weighted by molar-refractivity contribution is 5.94. The van der Waals surface area contributed by atoms with E-state index in [4.69, 9.17) is 9.47 Å². The largest absolute Gasteiger partial charge is 0.497 e. The number of rotatable bonds is 6. The van der Waals surface area contributed by atoms with Crippen LogP contribution in [0.2, 0.25) is 0 Å². The molecule has 0 radical (unpaired) electrons. The standard InChI is InChI=1S/C20H25NO3/c1-20(2,3)16-6-5-7-18(14-16)24-13-12-21-19(22)15-8-10-17(23-4)11-9-15/h5-11,14H,12-13H2,1-4H3,(H,21,22). The van der Waals surface area contributed by atoms with Crippen LogP contribution in [-0.2, 0) is 5.41 Å². The number of ether oxygens (including phenoxy) is 2. The van der Waals surface area contributed by atoms with Crippen LogP contribution in [0.25, 0.3) is 0 Å². The minimum absolute atomic E-state index is 0.0853. The molecule has 128 valence electrons. The summed E-state index contributed by atoms with van der Waals surface area (Å²) in [4.78, 5) is 12.0. The number of hydrogen-bond acceptors (Lipinski definition) is 3. The first kappa shape index (κ1) is 17.9. The van der Waals surface area contributed by atoms with Crippen molar-refractivity contribution in [2.75, 3.05) is 20.3 Å². The van der Waals surface area contributed by atoms with Gasteiger partial charge in [0.1, 0.15) is 18.1 Å². The Morgan fingerprint density at radius 2 is 1.75 bits per heavy atom. The van der Waals surface area contributed by atoms with E-state index < -0.39 is 0 Å². The number of nitrogens with one attached hydrogen (secondary N) is 1. The molecule has 4 heteroatoms. The number of amides is 1. The molecule has 0 bridgehead atoms. The minimum atomic E-state index is -0.121. The Morgan fingerprint density at radius 1 is 1.04 bits per heavy atom. The van der Waals surface area contributed by atoms with Gasteiger partial charge in [0, 0.05) is 5.56 Å². The number of carbonyl (C=O) groups excluding carboxylic acids is 1. The summed E-state index contributed by atoms with van der Waals surface area (Å²) in [6.45, 7) is 7.38. The molecule has 0 atom stereocenters. The van der Waals surface area contributed by atoms with E-state index >= 15 is 0 Å². The zero-order valence-electron chi connectivity index (χ0n) is 14.8. The summed E-state index contributed by atoms with van der Waals surface area (Å²) in [7, 11) is 1.60. The van der Waals surface area contributed by atoms with Crippen LogP contribution in [0.1, 0.15) is 36.7 Å². The summed E-state index contributed by atoms with van der Waals surface area (Å²) in [5, 5.41) is 2.85. The lowest BCUT2D eigenvalue weighted by molar-refractivity contribution is 0.0947. The Morgan fingerprint density at radius 3 is 2.38 bits per heavy atom. The summed E-state index contributed by atoms with van der Waals surface area (Å²) in [5.74, 6) is 1.43. The second-order valence-electron chi connectivity index (χ2n) is 6.61. The van der Waals surface area contributed by atoms with Gasteiger partial charge in [-0.3, -0.25) is 4.79 Å². The van der Waals surface area contributed by atoms with Crippen LogP contribution >= 0.6 is 0 Å². The third-order valence-corrected chi connectivity index (χ3v) is 3.71. The first-order chi connectivity index (χ1) is 11.4. The molecule has 2 rings (SSSR count). The Labute approximate surface area is 143 Å². The van der Waals surface area contributed by atoms with Crippen molar-refractivity contribution < 1.29 is 14.3 Å². The number of hydrogen-bond donors (Lipinski definition) is 1. The molecule has 24 heavy (non-hydrogen) atoms. The van der Waals surface area contributed by atoms with E-state index in [1.165, 1.54) is 5.56 Å². The zero-order valence-corrected chi connectivity index (χ0v) is 14.8. The van der Waals surface area contributed by atoms with Crippen molar-refractivity contribution in [2.45, 2.75) is 26.2 Å². The van der Waals surface area contributed by atoms with Gasteiger partial charge in [-0.05, 0) is 47.4 Å². The van der Waals surface area contributed by atoms with E-state index in [-0.39, 0.29) is 11.3 Å². The molecule has 0 aliphatic carbocycles. The van der Waals surface area contributed by atoms with Gasteiger partial charge in [-0.15, -0.1) is 0 Å². The lowest BCUT2D eigenvalue weighted by atomic mass is 9.87. The lowest BCUT2D eigenvalue weighted by Gasteiger charge is -2.19. The molecule has 4 nitrogen and oxygen atoms in total. The molecule has 2 aromatic carbocycles. The molecule has 0 aromatic heterocycles. The van der Waals surface area contributed by atoms with Gasteiger partial charge in [-0.25, -0.2) is 0 Å². The van der Waals surface area contributed by atoms with Crippen LogP contribution in [0.4, 0.5) is 0 Å². The highest BCUT2D eigenvalue weighted by Gasteiger charge is 2.13. The first-order valence-corrected chi connectivity index (χ1v) is 8.06. The van der Waals surface area contributed by atoms with Crippen LogP contribution in [-0.4, -0.2) is 26.2 Å². The van der Waals surface area contributed by atoms with Gasteiger partial charge in [0.2, 0.25) is 0 Å². The van der Waals surface area contributed by atoms with Crippen molar-refractivity contribution >= 4 is 5.91 Å². The van der Waals surface area contributed by atoms with E-state index in [9.17, 15) is 4.79 Å². The van der Waals surface area contributed by atoms with E-state index in [2.05, 4.69) is 32.2 Å². The molecule has 1 N–H and O–H groups in total. The predicted molar refractivity (Wildman–Crippen MR) is 96.0 cm³/mol. The summed E-state index contributed by atoms with van der Waals surface area (Å²) in [6.07, 6.45) is 0. The van der Waals surface area contributed by atoms with Crippen molar-refractivity contribution in [1.82, 2.24) is 5.32 Å². The maximum absolute atomic E-state index is 12.0. The molecule has 2 aromatic rings. The molecule has 0 saturated carbocycles. The fraction of sp³-hybridized carbons (Fsp3) is 0.350. The topological polar surface area (TPSA) is 47.6 Å². The monoisotopic (exact) mass is 327 g/mol. The number of methoxy groups -OCH3 is 1.